The summed E-state index contributed by atoms with van der Waals surface area (Å²) < 4.78 is 32.9. The van der Waals surface area contributed by atoms with Crippen LogP contribution >= 0.6 is 15.9 Å². The number of para-hydroxylation sites is 1. The average Bonchev–Trinajstić information content (AvgIpc) is 2.98. The Balaban J connectivity index is 2.12. The molecule has 0 amide bonds. The molecule has 1 unspecified atom stereocenters. The Morgan fingerprint density at radius 1 is 1.43 bits per heavy atom. The zero-order chi connectivity index (χ0) is 15.2. The molecule has 1 aliphatic rings. The third kappa shape index (κ3) is 2.29. The van der Waals surface area contributed by atoms with Crippen molar-refractivity contribution in [1.82, 2.24) is 0 Å². The molecule has 0 saturated carbocycles. The number of rotatable bonds is 3. The minimum Gasteiger partial charge on any atom is -0.452 e. The van der Waals surface area contributed by atoms with E-state index in [-0.39, 0.29) is 22.2 Å². The van der Waals surface area contributed by atoms with Gasteiger partial charge in [0.2, 0.25) is 0 Å². The van der Waals surface area contributed by atoms with Crippen LogP contribution in [0.4, 0.5) is 5.69 Å². The summed E-state index contributed by atoms with van der Waals surface area (Å²) in [4.78, 5) is 0.117. The van der Waals surface area contributed by atoms with Crippen LogP contribution in [0.2, 0.25) is 0 Å². The first-order chi connectivity index (χ1) is 9.95. The van der Waals surface area contributed by atoms with Crippen LogP contribution in [-0.2, 0) is 23.0 Å². The van der Waals surface area contributed by atoms with E-state index >= 15 is 0 Å². The molecule has 2 heterocycles. The molecule has 2 N–H and O–H groups in total. The van der Waals surface area contributed by atoms with E-state index in [0.29, 0.717) is 12.2 Å². The Morgan fingerprint density at radius 3 is 2.81 bits per heavy atom. The van der Waals surface area contributed by atoms with E-state index in [1.807, 2.05) is 31.2 Å². The van der Waals surface area contributed by atoms with E-state index in [1.165, 1.54) is 10.4 Å². The van der Waals surface area contributed by atoms with Gasteiger partial charge in [-0.05, 0) is 40.9 Å². The fourth-order valence-corrected chi connectivity index (χ4v) is 5.34. The Bertz CT molecular complexity index is 785. The minimum atomic E-state index is -3.68. The lowest BCUT2D eigenvalue weighted by Crippen LogP contribution is -2.35. The van der Waals surface area contributed by atoms with Crippen molar-refractivity contribution in [1.29, 1.82) is 0 Å². The number of benzene rings is 1. The minimum absolute atomic E-state index is 0.117. The van der Waals surface area contributed by atoms with Crippen molar-refractivity contribution in [2.75, 3.05) is 4.31 Å². The third-order valence-corrected chi connectivity index (χ3v) is 6.37. The molecule has 0 radical (unpaired) electrons. The summed E-state index contributed by atoms with van der Waals surface area (Å²) in [6.07, 6.45) is 0.703. The van der Waals surface area contributed by atoms with Crippen molar-refractivity contribution in [3.8, 4) is 0 Å². The second kappa shape index (κ2) is 5.15. The number of nitrogens with zero attached hydrogens (tertiary/aromatic N) is 1. The van der Waals surface area contributed by atoms with Crippen molar-refractivity contribution < 1.29 is 12.8 Å². The SMILES string of the molecule is CC1Cc2ccccc2N1S(=O)(=O)c1cc(CN)oc1Br. The van der Waals surface area contributed by atoms with Crippen molar-refractivity contribution in [3.63, 3.8) is 0 Å². The number of anilines is 1. The van der Waals surface area contributed by atoms with Gasteiger partial charge in [-0.15, -0.1) is 0 Å². The van der Waals surface area contributed by atoms with E-state index < -0.39 is 10.0 Å². The zero-order valence-corrected chi connectivity index (χ0v) is 13.8. The van der Waals surface area contributed by atoms with Gasteiger partial charge in [-0.25, -0.2) is 8.42 Å². The molecule has 0 spiro atoms. The highest BCUT2D eigenvalue weighted by Crippen LogP contribution is 2.38. The second-order valence-corrected chi connectivity index (χ2v) is 7.54. The summed E-state index contributed by atoms with van der Waals surface area (Å²) in [5.41, 5.74) is 7.27. The monoisotopic (exact) mass is 370 g/mol. The second-order valence-electron chi connectivity index (χ2n) is 5.04. The lowest BCUT2D eigenvalue weighted by molar-refractivity contribution is 0.483. The van der Waals surface area contributed by atoms with Crippen LogP contribution in [0.5, 0.6) is 0 Å². The molecule has 0 saturated heterocycles. The van der Waals surface area contributed by atoms with Crippen LogP contribution in [0.1, 0.15) is 18.2 Å². The molecule has 1 atom stereocenters. The first-order valence-corrected chi connectivity index (χ1v) is 8.79. The van der Waals surface area contributed by atoms with Crippen molar-refractivity contribution >= 4 is 31.6 Å². The molecular weight excluding hydrogens is 356 g/mol. The Labute approximate surface area is 131 Å². The van der Waals surface area contributed by atoms with Gasteiger partial charge in [-0.2, -0.15) is 0 Å². The number of nitrogens with two attached hydrogens (primary N) is 1. The van der Waals surface area contributed by atoms with Crippen LogP contribution in [0, 0.1) is 0 Å². The topological polar surface area (TPSA) is 76.5 Å². The molecule has 1 aromatic carbocycles. The smallest absolute Gasteiger partial charge is 0.268 e. The maximum absolute atomic E-state index is 13.0. The maximum atomic E-state index is 13.0. The van der Waals surface area contributed by atoms with E-state index in [9.17, 15) is 8.42 Å². The van der Waals surface area contributed by atoms with Crippen LogP contribution < -0.4 is 10.0 Å². The molecule has 0 fully saturated rings. The van der Waals surface area contributed by atoms with Gasteiger partial charge in [0.25, 0.3) is 10.0 Å². The van der Waals surface area contributed by atoms with Gasteiger partial charge in [0, 0.05) is 12.1 Å². The summed E-state index contributed by atoms with van der Waals surface area (Å²) in [6.45, 7) is 2.05. The van der Waals surface area contributed by atoms with Crippen LogP contribution in [0.3, 0.4) is 0 Å². The number of hydrogen-bond donors (Lipinski definition) is 1. The molecular formula is C14H15BrN2O3S. The summed E-state index contributed by atoms with van der Waals surface area (Å²) in [5, 5.41) is 0. The van der Waals surface area contributed by atoms with Gasteiger partial charge < -0.3 is 10.2 Å². The lowest BCUT2D eigenvalue weighted by atomic mass is 10.1. The molecule has 112 valence electrons. The normalized spacial score (nSPS) is 18.0. The molecule has 1 aromatic heterocycles. The number of fused-ring (bicyclic) bond motifs is 1. The van der Waals surface area contributed by atoms with E-state index in [0.717, 1.165) is 11.3 Å². The predicted octanol–water partition coefficient (Wildman–Crippen LogP) is 2.64. The van der Waals surface area contributed by atoms with Gasteiger partial charge in [-0.1, -0.05) is 18.2 Å². The average molecular weight is 371 g/mol. The molecule has 21 heavy (non-hydrogen) atoms. The molecule has 2 aromatic rings. The Kier molecular flexibility index (Phi) is 3.59. The van der Waals surface area contributed by atoms with Crippen LogP contribution in [-0.4, -0.2) is 14.5 Å². The van der Waals surface area contributed by atoms with Gasteiger partial charge >= 0.3 is 0 Å². The van der Waals surface area contributed by atoms with Gasteiger partial charge in [0.1, 0.15) is 10.7 Å². The molecule has 3 rings (SSSR count). The fraction of sp³-hybridized carbons (Fsp3) is 0.286. The number of hydrogen-bond acceptors (Lipinski definition) is 4. The number of halogens is 1. The number of sulfonamides is 1. The summed E-state index contributed by atoms with van der Waals surface area (Å²) in [5.74, 6) is 0.431. The standard InChI is InChI=1S/C14H15BrN2O3S/c1-9-6-10-4-2-3-5-12(10)17(9)21(18,19)13-7-11(8-16)20-14(13)15/h2-5,7,9H,6,8,16H2,1H3. The fourth-order valence-electron chi connectivity index (χ4n) is 2.68. The van der Waals surface area contributed by atoms with E-state index in [4.69, 9.17) is 10.2 Å². The summed E-state index contributed by atoms with van der Waals surface area (Å²) in [7, 11) is -3.68. The summed E-state index contributed by atoms with van der Waals surface area (Å²) in [6, 6.07) is 8.89. The third-order valence-electron chi connectivity index (χ3n) is 3.59. The van der Waals surface area contributed by atoms with Crippen molar-refractivity contribution in [2.24, 2.45) is 5.73 Å². The van der Waals surface area contributed by atoms with Gasteiger partial charge in [-0.3, -0.25) is 4.31 Å². The molecule has 0 bridgehead atoms. The molecule has 0 aliphatic carbocycles. The first-order valence-electron chi connectivity index (χ1n) is 6.55. The molecule has 5 nitrogen and oxygen atoms in total. The van der Waals surface area contributed by atoms with Crippen molar-refractivity contribution in [2.45, 2.75) is 30.8 Å². The highest BCUT2D eigenvalue weighted by atomic mass is 79.9. The first kappa shape index (κ1) is 14.6. The van der Waals surface area contributed by atoms with E-state index in [1.54, 1.807) is 0 Å². The molecule has 1 aliphatic heterocycles. The van der Waals surface area contributed by atoms with Gasteiger partial charge in [0.05, 0.1) is 12.2 Å². The largest absolute Gasteiger partial charge is 0.452 e. The maximum Gasteiger partial charge on any atom is 0.268 e. The van der Waals surface area contributed by atoms with Crippen LogP contribution in [0.25, 0.3) is 0 Å². The zero-order valence-electron chi connectivity index (χ0n) is 11.4. The lowest BCUT2D eigenvalue weighted by Gasteiger charge is -2.23. The predicted molar refractivity (Wildman–Crippen MR) is 83.6 cm³/mol. The van der Waals surface area contributed by atoms with Crippen molar-refractivity contribution in [3.05, 3.63) is 46.3 Å². The Morgan fingerprint density at radius 2 is 2.14 bits per heavy atom. The van der Waals surface area contributed by atoms with Gasteiger partial charge in [0.15, 0.2) is 4.67 Å². The summed E-state index contributed by atoms with van der Waals surface area (Å²) >= 11 is 3.17. The molecule has 7 heteroatoms. The van der Waals surface area contributed by atoms with Crippen LogP contribution in [0.15, 0.2) is 44.3 Å². The Hall–Kier alpha value is -1.31. The van der Waals surface area contributed by atoms with E-state index in [2.05, 4.69) is 15.9 Å². The number of furan rings is 1. The highest BCUT2D eigenvalue weighted by molar-refractivity contribution is 9.10. The highest BCUT2D eigenvalue weighted by Gasteiger charge is 2.38. The quantitative estimate of drug-likeness (QED) is 0.900.